The number of carbonyl (C=O) groups is 1. The molecule has 2 N–H and O–H groups in total. The molecule has 0 aliphatic carbocycles. The molecule has 0 atom stereocenters. The monoisotopic (exact) mass is 308 g/mol. The topological polar surface area (TPSA) is 47.7 Å². The molecule has 0 bridgehead atoms. The van der Waals surface area contributed by atoms with Gasteiger partial charge in [0, 0.05) is 12.2 Å². The summed E-state index contributed by atoms with van der Waals surface area (Å²) in [5.74, 6) is 0.0646. The number of quaternary nitrogens is 1. The van der Waals surface area contributed by atoms with Gasteiger partial charge in [-0.3, -0.25) is 4.79 Å². The molecule has 5 nitrogen and oxygen atoms in total. The molecule has 0 aromatic carbocycles. The molecule has 22 heavy (non-hydrogen) atoms. The Bertz CT molecular complexity index is 516. The third-order valence-corrected chi connectivity index (χ3v) is 4.77. The summed E-state index contributed by atoms with van der Waals surface area (Å²) in [6.45, 7) is 14.7. The second kappa shape index (κ2) is 7.79. The first-order valence-electron chi connectivity index (χ1n) is 8.48. The van der Waals surface area contributed by atoms with Crippen molar-refractivity contribution in [3.05, 3.63) is 22.5 Å². The number of hydrogen-bond acceptors (Lipinski definition) is 2. The van der Waals surface area contributed by atoms with E-state index in [1.807, 2.05) is 0 Å². The van der Waals surface area contributed by atoms with Crippen molar-refractivity contribution >= 4 is 5.91 Å². The van der Waals surface area contributed by atoms with E-state index in [4.69, 9.17) is 4.74 Å². The zero-order chi connectivity index (χ0) is 16.1. The van der Waals surface area contributed by atoms with E-state index in [0.29, 0.717) is 0 Å². The lowest BCUT2D eigenvalue weighted by Crippen LogP contribution is -3.14. The minimum atomic E-state index is 0.0646. The van der Waals surface area contributed by atoms with E-state index >= 15 is 0 Å². The van der Waals surface area contributed by atoms with Crippen LogP contribution in [0, 0.1) is 13.8 Å². The van der Waals surface area contributed by atoms with Crippen molar-refractivity contribution in [3.8, 4) is 0 Å². The van der Waals surface area contributed by atoms with E-state index in [-0.39, 0.29) is 5.91 Å². The van der Waals surface area contributed by atoms with E-state index < -0.39 is 0 Å². The molecule has 1 fully saturated rings. The second-order valence-corrected chi connectivity index (χ2v) is 6.00. The summed E-state index contributed by atoms with van der Waals surface area (Å²) in [7, 11) is 0. The number of carbonyl (C=O) groups excluding carboxylic acids is 1. The van der Waals surface area contributed by atoms with Crippen LogP contribution in [0.15, 0.2) is 0 Å². The highest BCUT2D eigenvalue weighted by molar-refractivity contribution is 5.94. The van der Waals surface area contributed by atoms with Crippen LogP contribution in [0.2, 0.25) is 0 Å². The Morgan fingerprint density at radius 3 is 2.55 bits per heavy atom. The molecule has 0 radical (unpaired) electrons. The van der Waals surface area contributed by atoms with Gasteiger partial charge in [-0.15, -0.1) is 0 Å². The molecule has 2 rings (SSSR count). The highest BCUT2D eigenvalue weighted by Gasteiger charge is 2.21. The van der Waals surface area contributed by atoms with Gasteiger partial charge >= 0.3 is 0 Å². The zero-order valence-electron chi connectivity index (χ0n) is 14.4. The molecule has 0 spiro atoms. The minimum absolute atomic E-state index is 0.0646. The molecular weight excluding hydrogens is 278 g/mol. The average Bonchev–Trinajstić information content (AvgIpc) is 2.78. The van der Waals surface area contributed by atoms with E-state index in [2.05, 4.69) is 37.6 Å². The summed E-state index contributed by atoms with van der Waals surface area (Å²) >= 11 is 0. The van der Waals surface area contributed by atoms with Crippen LogP contribution in [-0.2, 0) is 17.7 Å². The quantitative estimate of drug-likeness (QED) is 0.796. The molecule has 1 aliphatic rings. The van der Waals surface area contributed by atoms with Crippen LogP contribution in [0.1, 0.15) is 41.2 Å². The van der Waals surface area contributed by atoms with E-state index in [0.717, 1.165) is 63.6 Å². The fourth-order valence-corrected chi connectivity index (χ4v) is 3.50. The summed E-state index contributed by atoms with van der Waals surface area (Å²) in [6.07, 6.45) is 0.975. The average molecular weight is 308 g/mol. The van der Waals surface area contributed by atoms with Crippen LogP contribution < -0.4 is 10.2 Å². The lowest BCUT2D eigenvalue weighted by atomic mass is 10.1. The Balaban J connectivity index is 2.00. The number of amides is 1. The summed E-state index contributed by atoms with van der Waals surface area (Å²) in [5.41, 5.74) is 4.52. The van der Waals surface area contributed by atoms with Gasteiger partial charge in [-0.1, -0.05) is 6.92 Å². The summed E-state index contributed by atoms with van der Waals surface area (Å²) < 4.78 is 7.50. The number of morpholine rings is 1. The van der Waals surface area contributed by atoms with Gasteiger partial charge in [-0.25, -0.2) is 0 Å². The molecule has 124 valence electrons. The molecule has 1 amide bonds. The van der Waals surface area contributed by atoms with Crippen molar-refractivity contribution in [2.45, 2.75) is 40.7 Å². The van der Waals surface area contributed by atoms with Crippen LogP contribution in [0.3, 0.4) is 0 Å². The highest BCUT2D eigenvalue weighted by atomic mass is 16.5. The number of aromatic nitrogens is 1. The second-order valence-electron chi connectivity index (χ2n) is 6.00. The third-order valence-electron chi connectivity index (χ3n) is 4.77. The van der Waals surface area contributed by atoms with Crippen LogP contribution in [0.5, 0.6) is 0 Å². The van der Waals surface area contributed by atoms with Gasteiger partial charge in [0.1, 0.15) is 18.8 Å². The number of rotatable bonds is 6. The van der Waals surface area contributed by atoms with Gasteiger partial charge in [0.2, 0.25) is 0 Å². The van der Waals surface area contributed by atoms with Gasteiger partial charge in [0.05, 0.1) is 26.3 Å². The van der Waals surface area contributed by atoms with Gasteiger partial charge < -0.3 is 19.5 Å². The standard InChI is InChI=1S/C17H29N3O2/c1-5-15-13(3)16(20(6-2)14(15)4)17(21)18-7-8-19-9-11-22-12-10-19/h5-12H2,1-4H3,(H,18,21)/p+1. The van der Waals surface area contributed by atoms with Crippen LogP contribution in [0.4, 0.5) is 0 Å². The Kier molecular flexibility index (Phi) is 6.03. The summed E-state index contributed by atoms with van der Waals surface area (Å²) in [4.78, 5) is 14.1. The number of nitrogens with zero attached hydrogens (tertiary/aromatic N) is 1. The van der Waals surface area contributed by atoms with E-state index in [1.54, 1.807) is 0 Å². The number of hydrogen-bond donors (Lipinski definition) is 2. The van der Waals surface area contributed by atoms with E-state index in [1.165, 1.54) is 16.2 Å². The lowest BCUT2D eigenvalue weighted by Gasteiger charge is -2.23. The first kappa shape index (κ1) is 17.0. The predicted octanol–water partition coefficient (Wildman–Crippen LogP) is 0.332. The van der Waals surface area contributed by atoms with Crippen LogP contribution >= 0.6 is 0 Å². The zero-order valence-corrected chi connectivity index (χ0v) is 14.4. The van der Waals surface area contributed by atoms with Crippen molar-refractivity contribution in [2.24, 2.45) is 0 Å². The molecule has 0 saturated carbocycles. The lowest BCUT2D eigenvalue weighted by molar-refractivity contribution is -0.906. The molecule has 1 aromatic rings. The summed E-state index contributed by atoms with van der Waals surface area (Å²) in [5, 5.41) is 3.11. The Hall–Kier alpha value is -1.33. The van der Waals surface area contributed by atoms with Crippen molar-refractivity contribution in [2.75, 3.05) is 39.4 Å². The van der Waals surface area contributed by atoms with Crippen LogP contribution in [-0.4, -0.2) is 49.9 Å². The Labute approximate surface area is 133 Å². The van der Waals surface area contributed by atoms with Gasteiger partial charge in [-0.2, -0.15) is 0 Å². The molecule has 5 heteroatoms. The molecule has 0 unspecified atom stereocenters. The normalized spacial score (nSPS) is 16.0. The van der Waals surface area contributed by atoms with Crippen molar-refractivity contribution in [1.82, 2.24) is 9.88 Å². The fourth-order valence-electron chi connectivity index (χ4n) is 3.50. The summed E-state index contributed by atoms with van der Waals surface area (Å²) in [6, 6.07) is 0. The smallest absolute Gasteiger partial charge is 0.268 e. The molecule has 1 aliphatic heterocycles. The SMILES string of the molecule is CCc1c(C)c(C(=O)NCC[NH+]2CCOCC2)n(CC)c1C. The Morgan fingerprint density at radius 2 is 1.95 bits per heavy atom. The highest BCUT2D eigenvalue weighted by Crippen LogP contribution is 2.22. The first-order chi connectivity index (χ1) is 10.6. The fraction of sp³-hybridized carbons (Fsp3) is 0.706. The maximum atomic E-state index is 12.6. The number of nitrogens with one attached hydrogen (secondary N) is 2. The minimum Gasteiger partial charge on any atom is -0.370 e. The maximum Gasteiger partial charge on any atom is 0.268 e. The van der Waals surface area contributed by atoms with Crippen molar-refractivity contribution < 1.29 is 14.4 Å². The molecule has 1 aromatic heterocycles. The van der Waals surface area contributed by atoms with Gasteiger partial charge in [-0.05, 0) is 38.3 Å². The largest absolute Gasteiger partial charge is 0.370 e. The van der Waals surface area contributed by atoms with Crippen LogP contribution in [0.25, 0.3) is 0 Å². The van der Waals surface area contributed by atoms with Gasteiger partial charge in [0.25, 0.3) is 5.91 Å². The van der Waals surface area contributed by atoms with Crippen molar-refractivity contribution in [1.29, 1.82) is 0 Å². The van der Waals surface area contributed by atoms with Crippen molar-refractivity contribution in [3.63, 3.8) is 0 Å². The molecular formula is C17H30N3O2+. The van der Waals surface area contributed by atoms with Gasteiger partial charge in [0.15, 0.2) is 0 Å². The predicted molar refractivity (Wildman–Crippen MR) is 87.7 cm³/mol. The maximum absolute atomic E-state index is 12.6. The van der Waals surface area contributed by atoms with E-state index in [9.17, 15) is 4.79 Å². The third kappa shape index (κ3) is 3.52. The Morgan fingerprint density at radius 1 is 1.27 bits per heavy atom. The molecule has 2 heterocycles. The molecule has 1 saturated heterocycles. The number of ether oxygens (including phenoxy) is 1. The first-order valence-corrected chi connectivity index (χ1v) is 8.48.